The summed E-state index contributed by atoms with van der Waals surface area (Å²) in [5, 5.41) is 12.0. The van der Waals surface area contributed by atoms with Crippen molar-refractivity contribution in [1.29, 1.82) is 5.26 Å². The molecule has 0 fully saturated rings. The first-order valence-electron chi connectivity index (χ1n) is 11.0. The van der Waals surface area contributed by atoms with Crippen LogP contribution in [0.5, 0.6) is 11.5 Å². The zero-order chi connectivity index (χ0) is 23.7. The maximum Gasteiger partial charge on any atom is 0.263 e. The summed E-state index contributed by atoms with van der Waals surface area (Å²) in [5.74, 6) is 2.05. The first-order valence-corrected chi connectivity index (χ1v) is 11.9. The molecule has 5 rings (SSSR count). The zero-order valence-electron chi connectivity index (χ0n) is 19.1. The Labute approximate surface area is 201 Å². The molecule has 1 aliphatic heterocycles. The minimum Gasteiger partial charge on any atom is -0.493 e. The highest BCUT2D eigenvalue weighted by Crippen LogP contribution is 2.34. The third kappa shape index (κ3) is 3.94. The van der Waals surface area contributed by atoms with Gasteiger partial charge in [0.25, 0.3) is 5.56 Å². The van der Waals surface area contributed by atoms with Crippen LogP contribution < -0.4 is 15.0 Å². The predicted molar refractivity (Wildman–Crippen MR) is 132 cm³/mol. The number of fused-ring (bicyclic) bond motifs is 2. The first kappa shape index (κ1) is 22.1. The number of hydrogen-bond acceptors (Lipinski definition) is 7. The van der Waals surface area contributed by atoms with Crippen LogP contribution in [0, 0.1) is 11.3 Å². The fourth-order valence-corrected chi connectivity index (χ4v) is 5.48. The van der Waals surface area contributed by atoms with Crippen LogP contribution in [0.15, 0.2) is 52.6 Å². The molecule has 0 spiro atoms. The molecule has 0 saturated heterocycles. The van der Waals surface area contributed by atoms with E-state index in [0.717, 1.165) is 29.8 Å². The van der Waals surface area contributed by atoms with Crippen LogP contribution >= 0.6 is 11.3 Å². The largest absolute Gasteiger partial charge is 0.493 e. The average molecular weight is 473 g/mol. The van der Waals surface area contributed by atoms with Gasteiger partial charge in [-0.15, -0.1) is 11.3 Å². The van der Waals surface area contributed by atoms with Crippen molar-refractivity contribution in [3.8, 4) is 28.7 Å². The second kappa shape index (κ2) is 9.29. The molecule has 0 N–H and O–H groups in total. The molecule has 2 aromatic heterocycles. The van der Waals surface area contributed by atoms with Crippen LogP contribution in [0.25, 0.3) is 21.3 Å². The van der Waals surface area contributed by atoms with Gasteiger partial charge in [0, 0.05) is 24.0 Å². The summed E-state index contributed by atoms with van der Waals surface area (Å²) in [6, 6.07) is 16.0. The van der Waals surface area contributed by atoms with Crippen molar-refractivity contribution in [3.63, 3.8) is 0 Å². The monoisotopic (exact) mass is 472 g/mol. The van der Waals surface area contributed by atoms with Crippen molar-refractivity contribution in [2.75, 3.05) is 20.8 Å². The van der Waals surface area contributed by atoms with Crippen LogP contribution in [0.4, 0.5) is 0 Å². The highest BCUT2D eigenvalue weighted by molar-refractivity contribution is 7.17. The summed E-state index contributed by atoms with van der Waals surface area (Å²) in [7, 11) is 3.28. The molecule has 7 nitrogen and oxygen atoms in total. The Morgan fingerprint density at radius 3 is 2.56 bits per heavy atom. The van der Waals surface area contributed by atoms with E-state index in [1.165, 1.54) is 27.0 Å². The standard InChI is InChI=1S/C26H24N4O3S/c1-32-21-12-18-8-10-29(14-19(18)13-22(21)33-2)15-23-28-25-24(26(31)30(23)11-9-27)20(16-34-25)17-6-4-3-5-7-17/h3-7,12-13,16H,8,10-11,14-15H2,1-2H3. The minimum absolute atomic E-state index is 0.0311. The number of methoxy groups -OCH3 is 2. The fourth-order valence-electron chi connectivity index (χ4n) is 4.53. The van der Waals surface area contributed by atoms with Crippen molar-refractivity contribution in [1.82, 2.24) is 14.5 Å². The maximum atomic E-state index is 13.5. The molecule has 2 aromatic carbocycles. The van der Waals surface area contributed by atoms with Crippen molar-refractivity contribution < 1.29 is 9.47 Å². The summed E-state index contributed by atoms with van der Waals surface area (Å²) in [4.78, 5) is 21.3. The smallest absolute Gasteiger partial charge is 0.263 e. The van der Waals surface area contributed by atoms with Crippen molar-refractivity contribution >= 4 is 21.6 Å². The third-order valence-electron chi connectivity index (χ3n) is 6.25. The van der Waals surface area contributed by atoms with Crippen molar-refractivity contribution in [2.24, 2.45) is 0 Å². The number of benzene rings is 2. The molecular formula is C26H24N4O3S. The molecule has 8 heteroatoms. The van der Waals surface area contributed by atoms with Gasteiger partial charge in [-0.05, 0) is 35.2 Å². The van der Waals surface area contributed by atoms with Gasteiger partial charge in [0.05, 0.1) is 32.2 Å². The molecule has 0 atom stereocenters. The Bertz CT molecular complexity index is 1450. The SMILES string of the molecule is COc1cc2c(cc1OC)CN(Cc1nc3scc(-c4ccccc4)c3c(=O)n1CC#N)CC2. The van der Waals surface area contributed by atoms with E-state index in [4.69, 9.17) is 14.5 Å². The van der Waals surface area contributed by atoms with E-state index in [2.05, 4.69) is 11.0 Å². The molecule has 4 aromatic rings. The molecule has 0 aliphatic carbocycles. The fraction of sp³-hybridized carbons (Fsp3) is 0.269. The van der Waals surface area contributed by atoms with E-state index in [1.807, 2.05) is 47.8 Å². The van der Waals surface area contributed by atoms with E-state index < -0.39 is 0 Å². The van der Waals surface area contributed by atoms with Gasteiger partial charge in [-0.1, -0.05) is 30.3 Å². The van der Waals surface area contributed by atoms with Gasteiger partial charge in [0.2, 0.25) is 0 Å². The number of nitrogens with zero attached hydrogens (tertiary/aromatic N) is 4. The lowest BCUT2D eigenvalue weighted by molar-refractivity contribution is 0.234. The third-order valence-corrected chi connectivity index (χ3v) is 7.12. The Hall–Kier alpha value is -3.67. The van der Waals surface area contributed by atoms with Gasteiger partial charge >= 0.3 is 0 Å². The Kier molecular flexibility index (Phi) is 6.05. The number of nitriles is 1. The van der Waals surface area contributed by atoms with E-state index >= 15 is 0 Å². The van der Waals surface area contributed by atoms with Gasteiger partial charge < -0.3 is 9.47 Å². The summed E-state index contributed by atoms with van der Waals surface area (Å²) in [5.41, 5.74) is 4.08. The quantitative estimate of drug-likeness (QED) is 0.418. The van der Waals surface area contributed by atoms with E-state index in [9.17, 15) is 10.1 Å². The van der Waals surface area contributed by atoms with Crippen LogP contribution in [0.1, 0.15) is 17.0 Å². The van der Waals surface area contributed by atoms with Gasteiger partial charge in [-0.2, -0.15) is 5.26 Å². The molecule has 34 heavy (non-hydrogen) atoms. The number of ether oxygens (including phenoxy) is 2. The minimum atomic E-state index is -0.162. The van der Waals surface area contributed by atoms with Crippen LogP contribution in [-0.2, 0) is 26.1 Å². The molecule has 0 saturated carbocycles. The molecule has 0 bridgehead atoms. The topological polar surface area (TPSA) is 80.4 Å². The predicted octanol–water partition coefficient (Wildman–Crippen LogP) is 4.22. The number of hydrogen-bond donors (Lipinski definition) is 0. The number of rotatable bonds is 6. The number of aromatic nitrogens is 2. The lowest BCUT2D eigenvalue weighted by Gasteiger charge is -2.29. The van der Waals surface area contributed by atoms with Crippen molar-refractivity contribution in [2.45, 2.75) is 26.1 Å². The maximum absolute atomic E-state index is 13.5. The molecule has 0 radical (unpaired) electrons. The van der Waals surface area contributed by atoms with Gasteiger partial charge in [-0.3, -0.25) is 14.3 Å². The van der Waals surface area contributed by atoms with Crippen LogP contribution in [-0.4, -0.2) is 35.2 Å². The highest BCUT2D eigenvalue weighted by atomic mass is 32.1. The first-order chi connectivity index (χ1) is 16.6. The molecule has 172 valence electrons. The number of thiophene rings is 1. The average Bonchev–Trinajstić information content (AvgIpc) is 3.30. The second-order valence-corrected chi connectivity index (χ2v) is 9.07. The van der Waals surface area contributed by atoms with Crippen molar-refractivity contribution in [3.05, 3.63) is 75.1 Å². The summed E-state index contributed by atoms with van der Waals surface area (Å²) in [6.07, 6.45) is 0.859. The Morgan fingerprint density at radius 2 is 1.85 bits per heavy atom. The highest BCUT2D eigenvalue weighted by Gasteiger charge is 2.23. The summed E-state index contributed by atoms with van der Waals surface area (Å²) < 4.78 is 12.4. The molecule has 1 aliphatic rings. The molecule has 0 unspecified atom stereocenters. The summed E-state index contributed by atoms with van der Waals surface area (Å²) >= 11 is 1.47. The Balaban J connectivity index is 1.50. The molecule has 3 heterocycles. The zero-order valence-corrected chi connectivity index (χ0v) is 19.9. The van der Waals surface area contributed by atoms with Gasteiger partial charge in [0.15, 0.2) is 11.5 Å². The van der Waals surface area contributed by atoms with E-state index in [-0.39, 0.29) is 12.1 Å². The molecule has 0 amide bonds. The summed E-state index contributed by atoms with van der Waals surface area (Å²) in [6.45, 7) is 1.98. The Morgan fingerprint density at radius 1 is 1.12 bits per heavy atom. The lowest BCUT2D eigenvalue weighted by Crippen LogP contribution is -2.34. The van der Waals surface area contributed by atoms with E-state index in [1.54, 1.807) is 14.2 Å². The van der Waals surface area contributed by atoms with Gasteiger partial charge in [0.1, 0.15) is 17.2 Å². The lowest BCUT2D eigenvalue weighted by atomic mass is 9.99. The second-order valence-electron chi connectivity index (χ2n) is 8.21. The van der Waals surface area contributed by atoms with Gasteiger partial charge in [-0.25, -0.2) is 4.98 Å². The molecular weight excluding hydrogens is 448 g/mol. The van der Waals surface area contributed by atoms with E-state index in [0.29, 0.717) is 34.9 Å². The normalized spacial score (nSPS) is 13.4. The van der Waals surface area contributed by atoms with Crippen LogP contribution in [0.3, 0.4) is 0 Å². The van der Waals surface area contributed by atoms with Crippen LogP contribution in [0.2, 0.25) is 0 Å².